The van der Waals surface area contributed by atoms with Crippen LogP contribution < -0.4 is 5.32 Å². The van der Waals surface area contributed by atoms with Crippen LogP contribution in [0.25, 0.3) is 0 Å². The minimum Gasteiger partial charge on any atom is -0.378 e. The molecule has 2 rings (SSSR count). The SMILES string of the molecule is CN(Cc1cc[nH]c1)C(=O)CC1COCCN1. The molecule has 1 unspecified atom stereocenters. The summed E-state index contributed by atoms with van der Waals surface area (Å²) in [6, 6.07) is 2.14. The van der Waals surface area contributed by atoms with Crippen LogP contribution >= 0.6 is 0 Å². The molecule has 0 aromatic carbocycles. The third kappa shape index (κ3) is 3.57. The average Bonchev–Trinajstić information content (AvgIpc) is 2.83. The van der Waals surface area contributed by atoms with E-state index in [0.29, 0.717) is 19.6 Å². The van der Waals surface area contributed by atoms with Gasteiger partial charge in [0.1, 0.15) is 0 Å². The number of morpholine rings is 1. The van der Waals surface area contributed by atoms with Crippen molar-refractivity contribution in [3.05, 3.63) is 24.0 Å². The molecular formula is C12H19N3O2. The lowest BCUT2D eigenvalue weighted by atomic mass is 10.2. The zero-order valence-corrected chi connectivity index (χ0v) is 10.1. The van der Waals surface area contributed by atoms with Crippen molar-refractivity contribution in [2.75, 3.05) is 26.8 Å². The van der Waals surface area contributed by atoms with E-state index in [0.717, 1.165) is 18.7 Å². The predicted molar refractivity (Wildman–Crippen MR) is 64.5 cm³/mol. The fraction of sp³-hybridized carbons (Fsp3) is 0.583. The first kappa shape index (κ1) is 12.1. The molecule has 0 radical (unpaired) electrons. The van der Waals surface area contributed by atoms with Gasteiger partial charge in [0.25, 0.3) is 0 Å². The molecule has 17 heavy (non-hydrogen) atoms. The summed E-state index contributed by atoms with van der Waals surface area (Å²) in [5.74, 6) is 0.147. The molecule has 1 atom stereocenters. The maximum atomic E-state index is 12.0. The minimum absolute atomic E-state index is 0.147. The zero-order valence-electron chi connectivity index (χ0n) is 10.1. The Morgan fingerprint density at radius 2 is 2.53 bits per heavy atom. The van der Waals surface area contributed by atoms with Crippen LogP contribution in [0.3, 0.4) is 0 Å². The highest BCUT2D eigenvalue weighted by Crippen LogP contribution is 2.06. The number of H-pyrrole nitrogens is 1. The van der Waals surface area contributed by atoms with Gasteiger partial charge in [0.2, 0.25) is 5.91 Å². The molecule has 0 spiro atoms. The van der Waals surface area contributed by atoms with E-state index in [1.165, 1.54) is 0 Å². The smallest absolute Gasteiger partial charge is 0.224 e. The van der Waals surface area contributed by atoms with Crippen molar-refractivity contribution in [1.82, 2.24) is 15.2 Å². The fourth-order valence-electron chi connectivity index (χ4n) is 1.94. The summed E-state index contributed by atoms with van der Waals surface area (Å²) in [5.41, 5.74) is 1.12. The molecule has 5 heteroatoms. The van der Waals surface area contributed by atoms with E-state index in [2.05, 4.69) is 10.3 Å². The number of aromatic nitrogens is 1. The molecule has 2 heterocycles. The number of ether oxygens (including phenoxy) is 1. The number of aromatic amines is 1. The van der Waals surface area contributed by atoms with Crippen molar-refractivity contribution in [3.63, 3.8) is 0 Å². The van der Waals surface area contributed by atoms with Gasteiger partial charge in [-0.1, -0.05) is 0 Å². The monoisotopic (exact) mass is 237 g/mol. The molecule has 1 aliphatic heterocycles. The number of hydrogen-bond acceptors (Lipinski definition) is 3. The highest BCUT2D eigenvalue weighted by molar-refractivity contribution is 5.76. The Morgan fingerprint density at radius 1 is 1.65 bits per heavy atom. The zero-order chi connectivity index (χ0) is 12.1. The van der Waals surface area contributed by atoms with Crippen molar-refractivity contribution in [2.24, 2.45) is 0 Å². The van der Waals surface area contributed by atoms with Gasteiger partial charge in [-0.15, -0.1) is 0 Å². The Morgan fingerprint density at radius 3 is 3.18 bits per heavy atom. The van der Waals surface area contributed by atoms with E-state index in [1.807, 2.05) is 25.5 Å². The van der Waals surface area contributed by atoms with E-state index < -0.39 is 0 Å². The van der Waals surface area contributed by atoms with Crippen LogP contribution in [-0.4, -0.2) is 48.6 Å². The summed E-state index contributed by atoms with van der Waals surface area (Å²) in [7, 11) is 1.83. The molecule has 1 amide bonds. The molecule has 94 valence electrons. The van der Waals surface area contributed by atoms with Crippen molar-refractivity contribution >= 4 is 5.91 Å². The minimum atomic E-state index is 0.147. The highest BCUT2D eigenvalue weighted by Gasteiger charge is 2.19. The molecule has 0 aliphatic carbocycles. The second-order valence-corrected chi connectivity index (χ2v) is 4.40. The van der Waals surface area contributed by atoms with Gasteiger partial charge < -0.3 is 19.9 Å². The first-order chi connectivity index (χ1) is 8.25. The number of rotatable bonds is 4. The number of carbonyl (C=O) groups excluding carboxylic acids is 1. The van der Waals surface area contributed by atoms with E-state index in [-0.39, 0.29) is 11.9 Å². The predicted octanol–water partition coefficient (Wildman–Crippen LogP) is 0.352. The van der Waals surface area contributed by atoms with Crippen molar-refractivity contribution in [3.8, 4) is 0 Å². The lowest BCUT2D eigenvalue weighted by Crippen LogP contribution is -2.44. The molecule has 1 aliphatic rings. The first-order valence-electron chi connectivity index (χ1n) is 5.92. The van der Waals surface area contributed by atoms with E-state index in [9.17, 15) is 4.79 Å². The molecule has 5 nitrogen and oxygen atoms in total. The Kier molecular flexibility index (Phi) is 4.17. The molecule has 2 N–H and O–H groups in total. The molecule has 0 saturated carbocycles. The average molecular weight is 237 g/mol. The highest BCUT2D eigenvalue weighted by atomic mass is 16.5. The van der Waals surface area contributed by atoms with Crippen molar-refractivity contribution in [1.29, 1.82) is 0 Å². The largest absolute Gasteiger partial charge is 0.378 e. The topological polar surface area (TPSA) is 57.4 Å². The van der Waals surface area contributed by atoms with E-state index in [1.54, 1.807) is 4.90 Å². The van der Waals surface area contributed by atoms with Crippen LogP contribution in [0.4, 0.5) is 0 Å². The van der Waals surface area contributed by atoms with Crippen LogP contribution in [-0.2, 0) is 16.1 Å². The summed E-state index contributed by atoms with van der Waals surface area (Å²) >= 11 is 0. The summed E-state index contributed by atoms with van der Waals surface area (Å²) in [5, 5.41) is 3.29. The third-order valence-corrected chi connectivity index (χ3v) is 2.93. The first-order valence-corrected chi connectivity index (χ1v) is 5.92. The number of amides is 1. The molecule has 1 aromatic heterocycles. The quantitative estimate of drug-likeness (QED) is 0.794. The molecule has 1 fully saturated rings. The number of hydrogen-bond donors (Lipinski definition) is 2. The maximum Gasteiger partial charge on any atom is 0.224 e. The Bertz CT molecular complexity index is 345. The maximum absolute atomic E-state index is 12.0. The summed E-state index contributed by atoms with van der Waals surface area (Å²) in [6.45, 7) is 2.85. The Hall–Kier alpha value is -1.33. The van der Waals surface area contributed by atoms with Gasteiger partial charge in [-0.3, -0.25) is 4.79 Å². The number of carbonyl (C=O) groups is 1. The molecule has 0 bridgehead atoms. The van der Waals surface area contributed by atoms with Crippen molar-refractivity contribution in [2.45, 2.75) is 19.0 Å². The summed E-state index contributed by atoms with van der Waals surface area (Å²) in [6.07, 6.45) is 4.27. The van der Waals surface area contributed by atoms with Gasteiger partial charge in [-0.05, 0) is 11.6 Å². The van der Waals surface area contributed by atoms with Crippen LogP contribution in [0.2, 0.25) is 0 Å². The van der Waals surface area contributed by atoms with Crippen LogP contribution in [0.15, 0.2) is 18.5 Å². The second-order valence-electron chi connectivity index (χ2n) is 4.40. The lowest BCUT2D eigenvalue weighted by molar-refractivity contribution is -0.131. The lowest BCUT2D eigenvalue weighted by Gasteiger charge is -2.25. The Balaban J connectivity index is 1.78. The van der Waals surface area contributed by atoms with E-state index in [4.69, 9.17) is 4.74 Å². The molecule has 1 saturated heterocycles. The van der Waals surface area contributed by atoms with Gasteiger partial charge in [-0.2, -0.15) is 0 Å². The second kappa shape index (κ2) is 5.84. The fourth-order valence-corrected chi connectivity index (χ4v) is 1.94. The number of nitrogens with zero attached hydrogens (tertiary/aromatic N) is 1. The number of nitrogens with one attached hydrogen (secondary N) is 2. The van der Waals surface area contributed by atoms with Gasteiger partial charge in [-0.25, -0.2) is 0 Å². The van der Waals surface area contributed by atoms with Gasteiger partial charge in [0.05, 0.1) is 13.2 Å². The van der Waals surface area contributed by atoms with Gasteiger partial charge in [0, 0.05) is 45.0 Å². The standard InChI is InChI=1S/C12H19N3O2/c1-15(8-10-2-3-13-7-10)12(16)6-11-9-17-5-4-14-11/h2-3,7,11,13-14H,4-6,8-9H2,1H3. The van der Waals surface area contributed by atoms with Crippen LogP contribution in [0, 0.1) is 0 Å². The van der Waals surface area contributed by atoms with Crippen molar-refractivity contribution < 1.29 is 9.53 Å². The van der Waals surface area contributed by atoms with Gasteiger partial charge in [0.15, 0.2) is 0 Å². The molecule has 1 aromatic rings. The van der Waals surface area contributed by atoms with Crippen LogP contribution in [0.1, 0.15) is 12.0 Å². The van der Waals surface area contributed by atoms with E-state index >= 15 is 0 Å². The molecular weight excluding hydrogens is 218 g/mol. The van der Waals surface area contributed by atoms with Crippen LogP contribution in [0.5, 0.6) is 0 Å². The Labute approximate surface area is 101 Å². The summed E-state index contributed by atoms with van der Waals surface area (Å²) in [4.78, 5) is 16.7. The normalized spacial score (nSPS) is 20.2. The third-order valence-electron chi connectivity index (χ3n) is 2.93. The van der Waals surface area contributed by atoms with Gasteiger partial charge >= 0.3 is 0 Å². The summed E-state index contributed by atoms with van der Waals surface area (Å²) < 4.78 is 5.33.